The van der Waals surface area contributed by atoms with Gasteiger partial charge in [0.2, 0.25) is 0 Å². The molecule has 146 valence electrons. The molecule has 0 aliphatic heterocycles. The van der Waals surface area contributed by atoms with Crippen LogP contribution in [0.2, 0.25) is 0 Å². The first-order chi connectivity index (χ1) is 13.2. The SMILES string of the molecule is Cc1sc(NC(=O)COc2ccc(C(C)(C)C)cc2)nc1-c1ccc(Br)cc1. The third-order valence-electron chi connectivity index (χ3n) is 4.25. The minimum Gasteiger partial charge on any atom is -0.484 e. The average molecular weight is 459 g/mol. The minimum atomic E-state index is -0.226. The summed E-state index contributed by atoms with van der Waals surface area (Å²) in [7, 11) is 0. The highest BCUT2D eigenvalue weighted by Crippen LogP contribution is 2.31. The summed E-state index contributed by atoms with van der Waals surface area (Å²) >= 11 is 4.89. The molecule has 28 heavy (non-hydrogen) atoms. The van der Waals surface area contributed by atoms with Gasteiger partial charge in [0.05, 0.1) is 5.69 Å². The van der Waals surface area contributed by atoms with Gasteiger partial charge in [0, 0.05) is 14.9 Å². The molecule has 1 aromatic heterocycles. The van der Waals surface area contributed by atoms with E-state index in [0.717, 1.165) is 20.6 Å². The highest BCUT2D eigenvalue weighted by molar-refractivity contribution is 9.10. The molecule has 3 aromatic rings. The van der Waals surface area contributed by atoms with Crippen molar-refractivity contribution in [1.82, 2.24) is 4.98 Å². The van der Waals surface area contributed by atoms with Crippen molar-refractivity contribution in [3.8, 4) is 17.0 Å². The van der Waals surface area contributed by atoms with E-state index < -0.39 is 0 Å². The van der Waals surface area contributed by atoms with Gasteiger partial charge in [-0.05, 0) is 42.2 Å². The lowest BCUT2D eigenvalue weighted by molar-refractivity contribution is -0.118. The number of hydrogen-bond donors (Lipinski definition) is 1. The quantitative estimate of drug-likeness (QED) is 0.495. The first-order valence-electron chi connectivity index (χ1n) is 8.99. The topological polar surface area (TPSA) is 51.2 Å². The number of ether oxygens (including phenoxy) is 1. The highest BCUT2D eigenvalue weighted by atomic mass is 79.9. The number of rotatable bonds is 5. The number of nitrogens with zero attached hydrogens (tertiary/aromatic N) is 1. The van der Waals surface area contributed by atoms with Gasteiger partial charge in [-0.15, -0.1) is 11.3 Å². The molecule has 0 aliphatic carbocycles. The lowest BCUT2D eigenvalue weighted by Gasteiger charge is -2.19. The number of aryl methyl sites for hydroxylation is 1. The summed E-state index contributed by atoms with van der Waals surface area (Å²) in [6.07, 6.45) is 0. The van der Waals surface area contributed by atoms with Gasteiger partial charge >= 0.3 is 0 Å². The number of halogens is 1. The third-order valence-corrected chi connectivity index (χ3v) is 5.67. The van der Waals surface area contributed by atoms with Crippen molar-refractivity contribution in [1.29, 1.82) is 0 Å². The molecule has 1 amide bonds. The number of aromatic nitrogens is 1. The number of benzene rings is 2. The molecule has 0 atom stereocenters. The molecule has 0 saturated carbocycles. The van der Waals surface area contributed by atoms with Crippen molar-refractivity contribution in [3.63, 3.8) is 0 Å². The predicted octanol–water partition coefficient (Wildman–Crippen LogP) is 6.20. The molecule has 0 aliphatic rings. The summed E-state index contributed by atoms with van der Waals surface area (Å²) in [5, 5.41) is 3.40. The summed E-state index contributed by atoms with van der Waals surface area (Å²) < 4.78 is 6.62. The Kier molecular flexibility index (Phi) is 6.20. The van der Waals surface area contributed by atoms with Gasteiger partial charge in [-0.2, -0.15) is 0 Å². The molecule has 0 radical (unpaired) electrons. The number of nitrogens with one attached hydrogen (secondary N) is 1. The Hall–Kier alpha value is -2.18. The molecule has 4 nitrogen and oxygen atoms in total. The maximum Gasteiger partial charge on any atom is 0.264 e. The smallest absolute Gasteiger partial charge is 0.264 e. The normalized spacial score (nSPS) is 11.3. The standard InChI is InChI=1S/C22H23BrN2O2S/c1-14-20(15-5-9-17(23)10-6-15)25-21(28-14)24-19(26)13-27-18-11-7-16(8-12-18)22(2,3)4/h5-12H,13H2,1-4H3,(H,24,25,26). The first-order valence-corrected chi connectivity index (χ1v) is 10.6. The lowest BCUT2D eigenvalue weighted by atomic mass is 9.87. The van der Waals surface area contributed by atoms with Gasteiger partial charge in [-0.3, -0.25) is 10.1 Å². The molecular weight excluding hydrogens is 436 g/mol. The Morgan fingerprint density at radius 3 is 2.36 bits per heavy atom. The molecule has 0 saturated heterocycles. The Bertz CT molecular complexity index is 958. The zero-order chi connectivity index (χ0) is 20.3. The number of carbonyl (C=O) groups is 1. The zero-order valence-electron chi connectivity index (χ0n) is 16.4. The van der Waals surface area contributed by atoms with E-state index in [1.807, 2.05) is 55.5 Å². The van der Waals surface area contributed by atoms with Crippen LogP contribution in [0.1, 0.15) is 31.2 Å². The van der Waals surface area contributed by atoms with Crippen LogP contribution >= 0.6 is 27.3 Å². The maximum absolute atomic E-state index is 12.2. The number of anilines is 1. The Labute approximate surface area is 178 Å². The summed E-state index contributed by atoms with van der Waals surface area (Å²) in [5.74, 6) is 0.449. The summed E-state index contributed by atoms with van der Waals surface area (Å²) in [4.78, 5) is 17.8. The largest absolute Gasteiger partial charge is 0.484 e. The predicted molar refractivity (Wildman–Crippen MR) is 119 cm³/mol. The van der Waals surface area contributed by atoms with Gasteiger partial charge in [0.25, 0.3) is 5.91 Å². The Balaban J connectivity index is 1.59. The molecule has 2 aromatic carbocycles. The van der Waals surface area contributed by atoms with E-state index >= 15 is 0 Å². The van der Waals surface area contributed by atoms with Gasteiger partial charge in [-0.1, -0.05) is 61.0 Å². The van der Waals surface area contributed by atoms with Gasteiger partial charge in [0.15, 0.2) is 11.7 Å². The van der Waals surface area contributed by atoms with Crippen LogP contribution in [0.5, 0.6) is 5.75 Å². The second kappa shape index (κ2) is 8.45. The van der Waals surface area contributed by atoms with Crippen molar-refractivity contribution < 1.29 is 9.53 Å². The first kappa shape index (κ1) is 20.6. The molecule has 1 heterocycles. The van der Waals surface area contributed by atoms with Crippen molar-refractivity contribution in [3.05, 3.63) is 63.4 Å². The number of amides is 1. The maximum atomic E-state index is 12.2. The molecule has 3 rings (SSSR count). The van der Waals surface area contributed by atoms with Gasteiger partial charge in [0.1, 0.15) is 5.75 Å². The Morgan fingerprint density at radius 1 is 1.11 bits per heavy atom. The van der Waals surface area contributed by atoms with Crippen LogP contribution in [0.25, 0.3) is 11.3 Å². The lowest BCUT2D eigenvalue weighted by Crippen LogP contribution is -2.20. The molecule has 0 unspecified atom stereocenters. The average Bonchev–Trinajstić information content (AvgIpc) is 3.00. The summed E-state index contributed by atoms with van der Waals surface area (Å²) in [6.45, 7) is 8.43. The van der Waals surface area contributed by atoms with E-state index in [0.29, 0.717) is 10.9 Å². The molecule has 0 spiro atoms. The second-order valence-corrected chi connectivity index (χ2v) is 9.66. The monoisotopic (exact) mass is 458 g/mol. The zero-order valence-corrected chi connectivity index (χ0v) is 18.8. The third kappa shape index (κ3) is 5.20. The fourth-order valence-corrected chi connectivity index (χ4v) is 3.80. The fraction of sp³-hybridized carbons (Fsp3) is 0.273. The molecule has 0 bridgehead atoms. The van der Waals surface area contributed by atoms with Crippen LogP contribution in [0, 0.1) is 6.92 Å². The fourth-order valence-electron chi connectivity index (χ4n) is 2.68. The van der Waals surface area contributed by atoms with Gasteiger partial charge < -0.3 is 4.74 Å². The van der Waals surface area contributed by atoms with Crippen molar-refractivity contribution in [2.75, 3.05) is 11.9 Å². The second-order valence-electron chi connectivity index (χ2n) is 7.54. The van der Waals surface area contributed by atoms with Gasteiger partial charge in [-0.25, -0.2) is 4.98 Å². The molecule has 6 heteroatoms. The van der Waals surface area contributed by atoms with Crippen molar-refractivity contribution >= 4 is 38.3 Å². The van der Waals surface area contributed by atoms with Crippen LogP contribution in [-0.2, 0) is 10.2 Å². The van der Waals surface area contributed by atoms with E-state index in [-0.39, 0.29) is 17.9 Å². The number of carbonyl (C=O) groups excluding carboxylic acids is 1. The number of hydrogen-bond acceptors (Lipinski definition) is 4. The summed E-state index contributed by atoms with van der Waals surface area (Å²) in [5.41, 5.74) is 3.22. The van der Waals surface area contributed by atoms with Crippen LogP contribution < -0.4 is 10.1 Å². The van der Waals surface area contributed by atoms with E-state index in [1.54, 1.807) is 0 Å². The molecular formula is C22H23BrN2O2S. The van der Waals surface area contributed by atoms with Crippen molar-refractivity contribution in [2.45, 2.75) is 33.1 Å². The van der Waals surface area contributed by atoms with E-state index in [9.17, 15) is 4.79 Å². The van der Waals surface area contributed by atoms with Crippen LogP contribution in [0.3, 0.4) is 0 Å². The molecule has 0 fully saturated rings. The van der Waals surface area contributed by atoms with Crippen LogP contribution in [0.4, 0.5) is 5.13 Å². The van der Waals surface area contributed by atoms with E-state index in [2.05, 4.69) is 47.0 Å². The highest BCUT2D eigenvalue weighted by Gasteiger charge is 2.14. The minimum absolute atomic E-state index is 0.0545. The Morgan fingerprint density at radius 2 is 1.75 bits per heavy atom. The summed E-state index contributed by atoms with van der Waals surface area (Å²) in [6, 6.07) is 15.8. The van der Waals surface area contributed by atoms with Crippen LogP contribution in [0.15, 0.2) is 53.0 Å². The van der Waals surface area contributed by atoms with Crippen LogP contribution in [-0.4, -0.2) is 17.5 Å². The van der Waals surface area contributed by atoms with E-state index in [1.165, 1.54) is 16.9 Å². The molecule has 1 N–H and O–H groups in total. The van der Waals surface area contributed by atoms with E-state index in [4.69, 9.17) is 4.74 Å². The van der Waals surface area contributed by atoms with Crippen molar-refractivity contribution in [2.24, 2.45) is 0 Å². The number of thiazole rings is 1.